The van der Waals surface area contributed by atoms with Crippen LogP contribution in [0.1, 0.15) is 0 Å². The molecule has 0 spiro atoms. The third-order valence-corrected chi connectivity index (χ3v) is 3.73. The van der Waals surface area contributed by atoms with E-state index in [9.17, 15) is 9.59 Å². The van der Waals surface area contributed by atoms with Crippen molar-refractivity contribution in [3.8, 4) is 5.69 Å². The molecule has 1 aromatic carbocycles. The van der Waals surface area contributed by atoms with Gasteiger partial charge in [-0.1, -0.05) is 12.1 Å². The van der Waals surface area contributed by atoms with Crippen molar-refractivity contribution in [1.29, 1.82) is 0 Å². The number of hydrogen-bond acceptors (Lipinski definition) is 5. The minimum absolute atomic E-state index is 0.159. The Labute approximate surface area is 141 Å². The number of para-hydroxylation sites is 2. The van der Waals surface area contributed by atoms with Crippen molar-refractivity contribution in [2.45, 2.75) is 6.54 Å². The van der Waals surface area contributed by atoms with Crippen molar-refractivity contribution < 1.29 is 9.21 Å². The second kappa shape index (κ2) is 6.08. The number of fused-ring (bicyclic) bond motifs is 1. The summed E-state index contributed by atoms with van der Waals surface area (Å²) in [5, 5.41) is 2.78. The fraction of sp³-hybridized carbons (Fsp3) is 0.0588. The molecule has 4 rings (SSSR count). The van der Waals surface area contributed by atoms with Crippen molar-refractivity contribution in [2.75, 3.05) is 5.32 Å². The van der Waals surface area contributed by atoms with Crippen LogP contribution in [0.2, 0.25) is 0 Å². The number of nitrogens with one attached hydrogen (secondary N) is 1. The number of carbonyl (C=O) groups excluding carboxylic acids is 1. The topological polar surface area (TPSA) is 95.0 Å². The van der Waals surface area contributed by atoms with Crippen molar-refractivity contribution in [1.82, 2.24) is 19.1 Å². The number of imidazole rings is 1. The maximum Gasteiger partial charge on any atom is 0.420 e. The second-order valence-corrected chi connectivity index (χ2v) is 5.33. The first kappa shape index (κ1) is 14.9. The molecule has 0 aliphatic heterocycles. The zero-order chi connectivity index (χ0) is 17.2. The quantitative estimate of drug-likeness (QED) is 0.614. The Morgan fingerprint density at radius 1 is 1.16 bits per heavy atom. The molecule has 0 radical (unpaired) electrons. The van der Waals surface area contributed by atoms with E-state index in [2.05, 4.69) is 15.3 Å². The van der Waals surface area contributed by atoms with Crippen LogP contribution in [0.5, 0.6) is 0 Å². The molecule has 0 unspecified atom stereocenters. The van der Waals surface area contributed by atoms with Gasteiger partial charge in [-0.15, -0.1) is 0 Å². The summed E-state index contributed by atoms with van der Waals surface area (Å²) in [4.78, 5) is 32.4. The molecule has 4 aromatic rings. The summed E-state index contributed by atoms with van der Waals surface area (Å²) in [5.41, 5.74) is 2.26. The predicted octanol–water partition coefficient (Wildman–Crippen LogP) is 1.81. The second-order valence-electron chi connectivity index (χ2n) is 5.33. The highest BCUT2D eigenvalue weighted by molar-refractivity contribution is 5.93. The highest BCUT2D eigenvalue weighted by Crippen LogP contribution is 2.18. The summed E-state index contributed by atoms with van der Waals surface area (Å²) in [5.74, 6) is -0.930. The van der Waals surface area contributed by atoms with Crippen LogP contribution in [0.25, 0.3) is 16.8 Å². The Kier molecular flexibility index (Phi) is 3.62. The number of pyridine rings is 1. The smallest absolute Gasteiger partial charge is 0.408 e. The summed E-state index contributed by atoms with van der Waals surface area (Å²) in [6.45, 7) is -0.159. The van der Waals surface area contributed by atoms with E-state index in [-0.39, 0.29) is 12.5 Å². The molecule has 8 nitrogen and oxygen atoms in total. The molecule has 1 amide bonds. The van der Waals surface area contributed by atoms with Gasteiger partial charge in [0.1, 0.15) is 6.54 Å². The lowest BCUT2D eigenvalue weighted by molar-refractivity contribution is -0.116. The lowest BCUT2D eigenvalue weighted by Gasteiger charge is -2.11. The molecule has 0 fully saturated rings. The Morgan fingerprint density at radius 3 is 2.88 bits per heavy atom. The summed E-state index contributed by atoms with van der Waals surface area (Å²) in [6, 6.07) is 8.72. The Bertz CT molecular complexity index is 1090. The zero-order valence-electron chi connectivity index (χ0n) is 13.0. The first-order valence-electron chi connectivity index (χ1n) is 7.53. The maximum atomic E-state index is 12.4. The first-order valence-corrected chi connectivity index (χ1v) is 7.53. The van der Waals surface area contributed by atoms with Crippen LogP contribution in [0, 0.1) is 0 Å². The Balaban J connectivity index is 1.61. The number of rotatable bonds is 4. The van der Waals surface area contributed by atoms with Crippen molar-refractivity contribution in [3.05, 3.63) is 72.0 Å². The molecule has 1 N–H and O–H groups in total. The van der Waals surface area contributed by atoms with Crippen molar-refractivity contribution in [2.24, 2.45) is 0 Å². The van der Waals surface area contributed by atoms with Gasteiger partial charge in [-0.2, -0.15) is 0 Å². The Hall–Kier alpha value is -3.68. The van der Waals surface area contributed by atoms with Crippen molar-refractivity contribution in [3.63, 3.8) is 0 Å². The van der Waals surface area contributed by atoms with Gasteiger partial charge < -0.3 is 14.3 Å². The lowest BCUT2D eigenvalue weighted by atomic mass is 10.3. The number of hydrogen-bond donors (Lipinski definition) is 1. The number of amides is 1. The minimum atomic E-state index is -0.572. The average molecular weight is 335 g/mol. The molecule has 0 aliphatic rings. The van der Waals surface area contributed by atoms with E-state index in [0.29, 0.717) is 16.8 Å². The van der Waals surface area contributed by atoms with E-state index in [1.807, 2.05) is 0 Å². The van der Waals surface area contributed by atoms with E-state index in [1.54, 1.807) is 66.0 Å². The van der Waals surface area contributed by atoms with Gasteiger partial charge in [-0.05, 0) is 18.2 Å². The molecule has 25 heavy (non-hydrogen) atoms. The first-order chi connectivity index (χ1) is 12.2. The predicted molar refractivity (Wildman–Crippen MR) is 90.5 cm³/mol. The molecule has 0 saturated heterocycles. The van der Waals surface area contributed by atoms with Gasteiger partial charge in [-0.3, -0.25) is 14.3 Å². The van der Waals surface area contributed by atoms with Crippen molar-refractivity contribution >= 4 is 22.7 Å². The molecule has 3 heterocycles. The van der Waals surface area contributed by atoms with Crippen LogP contribution in [-0.2, 0) is 11.3 Å². The van der Waals surface area contributed by atoms with Gasteiger partial charge in [0.25, 0.3) is 0 Å². The van der Waals surface area contributed by atoms with Gasteiger partial charge in [0.05, 0.1) is 29.4 Å². The van der Waals surface area contributed by atoms with Crippen LogP contribution in [0.4, 0.5) is 5.69 Å². The van der Waals surface area contributed by atoms with Gasteiger partial charge in [0, 0.05) is 18.6 Å². The Morgan fingerprint density at radius 2 is 2.04 bits per heavy atom. The van der Waals surface area contributed by atoms with Crippen LogP contribution in [-0.4, -0.2) is 25.0 Å². The average Bonchev–Trinajstić information content (AvgIpc) is 3.24. The fourth-order valence-corrected chi connectivity index (χ4v) is 2.61. The monoisotopic (exact) mass is 335 g/mol. The molecular formula is C17H13N5O3. The van der Waals surface area contributed by atoms with Gasteiger partial charge >= 0.3 is 5.76 Å². The van der Waals surface area contributed by atoms with E-state index in [1.165, 1.54) is 4.57 Å². The highest BCUT2D eigenvalue weighted by Gasteiger charge is 2.14. The van der Waals surface area contributed by atoms with Gasteiger partial charge in [0.15, 0.2) is 5.58 Å². The number of anilines is 1. The zero-order valence-corrected chi connectivity index (χ0v) is 13.0. The summed E-state index contributed by atoms with van der Waals surface area (Å²) < 4.78 is 8.19. The number of aromatic nitrogens is 4. The van der Waals surface area contributed by atoms with E-state index in [0.717, 1.165) is 5.69 Å². The summed E-state index contributed by atoms with van der Waals surface area (Å²) in [6.07, 6.45) is 8.20. The van der Waals surface area contributed by atoms with Gasteiger partial charge in [0.2, 0.25) is 5.91 Å². The largest absolute Gasteiger partial charge is 0.420 e. The van der Waals surface area contributed by atoms with E-state index < -0.39 is 5.76 Å². The minimum Gasteiger partial charge on any atom is -0.408 e. The molecule has 124 valence electrons. The lowest BCUT2D eigenvalue weighted by Crippen LogP contribution is -2.25. The number of oxazole rings is 1. The summed E-state index contributed by atoms with van der Waals surface area (Å²) in [7, 11) is 0. The third kappa shape index (κ3) is 2.80. The normalized spacial score (nSPS) is 10.9. The van der Waals surface area contributed by atoms with E-state index in [4.69, 9.17) is 4.42 Å². The molecule has 3 aromatic heterocycles. The molecule has 0 bridgehead atoms. The molecule has 0 aliphatic carbocycles. The van der Waals surface area contributed by atoms with E-state index >= 15 is 0 Å². The number of carbonyl (C=O) groups is 1. The van der Waals surface area contributed by atoms with Crippen LogP contribution >= 0.6 is 0 Å². The standard InChI is InChI=1S/C17H13N5O3/c23-16(10-22-14-3-1-2-4-15(14)25-17(22)24)20-12-9-18-6-5-13(12)21-8-7-19-11-21/h1-9,11H,10H2,(H,20,23). The highest BCUT2D eigenvalue weighted by atomic mass is 16.4. The SMILES string of the molecule is O=C(Cn1c(=O)oc2ccccc21)Nc1cnccc1-n1ccnc1. The molecular weight excluding hydrogens is 322 g/mol. The third-order valence-electron chi connectivity index (χ3n) is 3.73. The van der Waals surface area contributed by atoms with Gasteiger partial charge in [-0.25, -0.2) is 9.78 Å². The summed E-state index contributed by atoms with van der Waals surface area (Å²) >= 11 is 0. The van der Waals surface area contributed by atoms with Crippen LogP contribution in [0.3, 0.4) is 0 Å². The number of benzene rings is 1. The van der Waals surface area contributed by atoms with Crippen LogP contribution in [0.15, 0.2) is 70.7 Å². The number of nitrogens with zero attached hydrogens (tertiary/aromatic N) is 4. The molecule has 0 saturated carbocycles. The van der Waals surface area contributed by atoms with Crippen LogP contribution < -0.4 is 11.1 Å². The maximum absolute atomic E-state index is 12.4. The molecule has 8 heteroatoms. The fourth-order valence-electron chi connectivity index (χ4n) is 2.61. The molecule has 0 atom stereocenters.